The van der Waals surface area contributed by atoms with E-state index in [2.05, 4.69) is 27.7 Å². The first-order chi connectivity index (χ1) is 12.8. The van der Waals surface area contributed by atoms with Gasteiger partial charge >= 0.3 is 0 Å². The van der Waals surface area contributed by atoms with E-state index < -0.39 is 0 Å². The molecule has 2 aromatic rings. The summed E-state index contributed by atoms with van der Waals surface area (Å²) in [6.45, 7) is 6.53. The zero-order chi connectivity index (χ0) is 18.2. The van der Waals surface area contributed by atoms with Gasteiger partial charge in [0.05, 0.1) is 32.3 Å². The van der Waals surface area contributed by atoms with Crippen molar-refractivity contribution < 1.29 is 14.3 Å². The number of hydrogen-bond donors (Lipinski definition) is 1. The predicted octanol–water partition coefficient (Wildman–Crippen LogP) is 2.88. The maximum absolute atomic E-state index is 12.4. The number of nitrogens with one attached hydrogen (secondary N) is 1. The lowest BCUT2D eigenvalue weighted by molar-refractivity contribution is -0.120. The fourth-order valence-electron chi connectivity index (χ4n) is 3.11. The fourth-order valence-corrected chi connectivity index (χ4v) is 3.97. The van der Waals surface area contributed by atoms with Gasteiger partial charge < -0.3 is 14.8 Å². The smallest absolute Gasteiger partial charge is 0.224 e. The quantitative estimate of drug-likeness (QED) is 0.772. The topological polar surface area (TPSA) is 50.8 Å². The third-order valence-corrected chi connectivity index (χ3v) is 5.42. The zero-order valence-corrected chi connectivity index (χ0v) is 16.0. The molecule has 26 heavy (non-hydrogen) atoms. The van der Waals surface area contributed by atoms with Crippen LogP contribution in [0, 0.1) is 0 Å². The van der Waals surface area contributed by atoms with Gasteiger partial charge in [0, 0.05) is 24.5 Å². The monoisotopic (exact) mass is 374 g/mol. The summed E-state index contributed by atoms with van der Waals surface area (Å²) in [5.41, 5.74) is 0.991. The standard InChI is InChI=1S/C20H26N2O3S/c1-2-25-17-7-5-16(6-8-17)14-20(23)21-15-18(19-4-3-13-26-19)22-9-11-24-12-10-22/h3-8,13,18H,2,9-12,14-15H2,1H3,(H,21,23). The largest absolute Gasteiger partial charge is 0.494 e. The van der Waals surface area contributed by atoms with Crippen molar-refractivity contribution >= 4 is 17.2 Å². The number of rotatable bonds is 8. The molecule has 1 aromatic carbocycles. The molecule has 0 bridgehead atoms. The predicted molar refractivity (Wildman–Crippen MR) is 104 cm³/mol. The van der Waals surface area contributed by atoms with Gasteiger partial charge in [-0.25, -0.2) is 0 Å². The van der Waals surface area contributed by atoms with Crippen molar-refractivity contribution in [3.05, 3.63) is 52.2 Å². The summed E-state index contributed by atoms with van der Waals surface area (Å²) in [7, 11) is 0. The van der Waals surface area contributed by atoms with Gasteiger partial charge in [0.25, 0.3) is 0 Å². The fraction of sp³-hybridized carbons (Fsp3) is 0.450. The molecule has 6 heteroatoms. The van der Waals surface area contributed by atoms with Gasteiger partial charge in [-0.1, -0.05) is 18.2 Å². The first-order valence-corrected chi connectivity index (χ1v) is 9.98. The number of thiophene rings is 1. The number of benzene rings is 1. The van der Waals surface area contributed by atoms with E-state index in [4.69, 9.17) is 9.47 Å². The molecule has 0 spiro atoms. The average Bonchev–Trinajstić information content (AvgIpc) is 3.19. The van der Waals surface area contributed by atoms with Gasteiger partial charge in [-0.15, -0.1) is 11.3 Å². The van der Waals surface area contributed by atoms with Crippen molar-refractivity contribution in [3.8, 4) is 5.75 Å². The lowest BCUT2D eigenvalue weighted by Gasteiger charge is -2.34. The van der Waals surface area contributed by atoms with Crippen LogP contribution in [-0.2, 0) is 16.0 Å². The minimum Gasteiger partial charge on any atom is -0.494 e. The van der Waals surface area contributed by atoms with Crippen LogP contribution in [0.15, 0.2) is 41.8 Å². The Bertz CT molecular complexity index is 667. The highest BCUT2D eigenvalue weighted by atomic mass is 32.1. The third-order valence-electron chi connectivity index (χ3n) is 4.45. The van der Waals surface area contributed by atoms with Crippen LogP contribution in [0.25, 0.3) is 0 Å². The van der Waals surface area contributed by atoms with Crippen LogP contribution in [0.3, 0.4) is 0 Å². The lowest BCUT2D eigenvalue weighted by atomic mass is 10.1. The maximum atomic E-state index is 12.4. The number of nitrogens with zero attached hydrogens (tertiary/aromatic N) is 1. The van der Waals surface area contributed by atoms with Gasteiger partial charge in [0.2, 0.25) is 5.91 Å². The normalized spacial score (nSPS) is 16.2. The van der Waals surface area contributed by atoms with Crippen LogP contribution in [-0.4, -0.2) is 50.3 Å². The molecule has 3 rings (SSSR count). The van der Waals surface area contributed by atoms with Gasteiger partial charge in [0.15, 0.2) is 0 Å². The summed E-state index contributed by atoms with van der Waals surface area (Å²) in [6, 6.07) is 12.1. The molecular weight excluding hydrogens is 348 g/mol. The van der Waals surface area contributed by atoms with Crippen LogP contribution in [0.2, 0.25) is 0 Å². The highest BCUT2D eigenvalue weighted by Crippen LogP contribution is 2.25. The summed E-state index contributed by atoms with van der Waals surface area (Å²) >= 11 is 1.74. The Labute approximate surface area is 158 Å². The Morgan fingerprint density at radius 2 is 2.04 bits per heavy atom. The molecule has 1 amide bonds. The summed E-state index contributed by atoms with van der Waals surface area (Å²) < 4.78 is 10.9. The number of morpholine rings is 1. The van der Waals surface area contributed by atoms with Crippen LogP contribution < -0.4 is 10.1 Å². The highest BCUT2D eigenvalue weighted by molar-refractivity contribution is 7.10. The molecular formula is C20H26N2O3S. The van der Waals surface area contributed by atoms with Crippen molar-refractivity contribution in [2.75, 3.05) is 39.5 Å². The Hall–Kier alpha value is -1.89. The number of hydrogen-bond acceptors (Lipinski definition) is 5. The minimum absolute atomic E-state index is 0.0453. The molecule has 1 saturated heterocycles. The SMILES string of the molecule is CCOc1ccc(CC(=O)NCC(c2cccs2)N2CCOCC2)cc1. The average molecular weight is 375 g/mol. The molecule has 1 aliphatic heterocycles. The Kier molecular flexibility index (Phi) is 7.05. The van der Waals surface area contributed by atoms with E-state index in [9.17, 15) is 4.79 Å². The molecule has 1 aliphatic rings. The zero-order valence-electron chi connectivity index (χ0n) is 15.1. The Balaban J connectivity index is 1.55. The molecule has 140 valence electrons. The third kappa shape index (κ3) is 5.30. The molecule has 2 heterocycles. The maximum Gasteiger partial charge on any atom is 0.224 e. The number of carbonyl (C=O) groups excluding carboxylic acids is 1. The number of amides is 1. The second-order valence-corrected chi connectivity index (χ2v) is 7.22. The lowest BCUT2D eigenvalue weighted by Crippen LogP contribution is -2.43. The highest BCUT2D eigenvalue weighted by Gasteiger charge is 2.23. The molecule has 1 aromatic heterocycles. The van der Waals surface area contributed by atoms with Crippen molar-refractivity contribution in [3.63, 3.8) is 0 Å². The first kappa shape index (κ1) is 18.9. The second kappa shape index (κ2) is 9.71. The molecule has 1 N–H and O–H groups in total. The van der Waals surface area contributed by atoms with E-state index in [1.807, 2.05) is 31.2 Å². The second-order valence-electron chi connectivity index (χ2n) is 6.24. The number of carbonyl (C=O) groups is 1. The molecule has 0 aliphatic carbocycles. The van der Waals surface area contributed by atoms with Crippen molar-refractivity contribution in [1.29, 1.82) is 0 Å². The van der Waals surface area contributed by atoms with Crippen molar-refractivity contribution in [2.24, 2.45) is 0 Å². The summed E-state index contributed by atoms with van der Waals surface area (Å²) in [4.78, 5) is 16.1. The van der Waals surface area contributed by atoms with Gasteiger partial charge in [0.1, 0.15) is 5.75 Å². The molecule has 1 unspecified atom stereocenters. The van der Waals surface area contributed by atoms with Crippen LogP contribution >= 0.6 is 11.3 Å². The van der Waals surface area contributed by atoms with Gasteiger partial charge in [-0.2, -0.15) is 0 Å². The van der Waals surface area contributed by atoms with E-state index >= 15 is 0 Å². The van der Waals surface area contributed by atoms with Gasteiger partial charge in [-0.05, 0) is 36.1 Å². The molecule has 1 fully saturated rings. The molecule has 0 saturated carbocycles. The summed E-state index contributed by atoms with van der Waals surface area (Å²) in [5.74, 6) is 0.880. The Morgan fingerprint density at radius 1 is 1.27 bits per heavy atom. The van der Waals surface area contributed by atoms with Crippen LogP contribution in [0.5, 0.6) is 5.75 Å². The Morgan fingerprint density at radius 3 is 2.69 bits per heavy atom. The van der Waals surface area contributed by atoms with Crippen molar-refractivity contribution in [1.82, 2.24) is 10.2 Å². The minimum atomic E-state index is 0.0453. The summed E-state index contributed by atoms with van der Waals surface area (Å²) in [5, 5.41) is 5.20. The molecule has 0 radical (unpaired) electrons. The summed E-state index contributed by atoms with van der Waals surface area (Å²) in [6.07, 6.45) is 0.382. The molecule has 5 nitrogen and oxygen atoms in total. The molecule has 1 atom stereocenters. The van der Waals surface area contributed by atoms with Crippen molar-refractivity contribution in [2.45, 2.75) is 19.4 Å². The first-order valence-electron chi connectivity index (χ1n) is 9.10. The van der Waals surface area contributed by atoms with E-state index in [1.54, 1.807) is 11.3 Å². The van der Waals surface area contributed by atoms with Crippen LogP contribution in [0.1, 0.15) is 23.4 Å². The number of ether oxygens (including phenoxy) is 2. The van der Waals surface area contributed by atoms with Crippen LogP contribution in [0.4, 0.5) is 0 Å². The van der Waals surface area contributed by atoms with Gasteiger partial charge in [-0.3, -0.25) is 9.69 Å². The van der Waals surface area contributed by atoms with E-state index in [0.29, 0.717) is 19.6 Å². The van der Waals surface area contributed by atoms with E-state index in [-0.39, 0.29) is 11.9 Å². The van der Waals surface area contributed by atoms with E-state index in [0.717, 1.165) is 37.6 Å². The van der Waals surface area contributed by atoms with E-state index in [1.165, 1.54) is 4.88 Å².